The number of likely N-dealkylation sites (N-methyl/N-ethyl adjacent to an activating group) is 1. The first-order valence-electron chi connectivity index (χ1n) is 9.88. The number of hydrogen-bond donors (Lipinski definition) is 1. The van der Waals surface area contributed by atoms with Crippen LogP contribution in [0.3, 0.4) is 0 Å². The molecule has 3 rings (SSSR count). The minimum atomic E-state index is -0.166. The van der Waals surface area contributed by atoms with Gasteiger partial charge < -0.3 is 19.9 Å². The normalized spacial score (nSPS) is 14.6. The molecule has 1 aromatic heterocycles. The molecular weight excluding hydrogens is 406 g/mol. The Morgan fingerprint density at radius 3 is 2.67 bits per heavy atom. The third-order valence-electron chi connectivity index (χ3n) is 4.84. The van der Waals surface area contributed by atoms with E-state index in [1.807, 2.05) is 19.0 Å². The molecular formula is C21H26ClN5O3. The zero-order valence-corrected chi connectivity index (χ0v) is 17.9. The summed E-state index contributed by atoms with van der Waals surface area (Å²) >= 11 is 6.34. The highest BCUT2D eigenvalue weighted by Gasteiger charge is 2.26. The summed E-state index contributed by atoms with van der Waals surface area (Å²) in [4.78, 5) is 36.4. The summed E-state index contributed by atoms with van der Waals surface area (Å²) in [6.45, 7) is 2.47. The molecule has 1 aromatic carbocycles. The summed E-state index contributed by atoms with van der Waals surface area (Å²) in [7, 11) is 3.90. The number of carbonyl (C=O) groups is 2. The highest BCUT2D eigenvalue weighted by molar-refractivity contribution is 6.32. The number of amides is 2. The van der Waals surface area contributed by atoms with Crippen molar-refractivity contribution in [2.75, 3.05) is 40.3 Å². The second kappa shape index (κ2) is 10.4. The predicted octanol–water partition coefficient (Wildman–Crippen LogP) is 2.11. The van der Waals surface area contributed by atoms with Crippen LogP contribution in [0.5, 0.6) is 5.75 Å². The fraction of sp³-hybridized carbons (Fsp3) is 0.429. The van der Waals surface area contributed by atoms with Crippen LogP contribution in [-0.4, -0.2) is 78.0 Å². The zero-order chi connectivity index (χ0) is 21.5. The van der Waals surface area contributed by atoms with E-state index >= 15 is 0 Å². The number of rotatable bonds is 7. The summed E-state index contributed by atoms with van der Waals surface area (Å²) in [5.74, 6) is 0.255. The lowest BCUT2D eigenvalue weighted by molar-refractivity contribution is 0.0590. The van der Waals surface area contributed by atoms with Gasteiger partial charge in [-0.05, 0) is 32.3 Å². The van der Waals surface area contributed by atoms with Crippen molar-refractivity contribution in [3.05, 3.63) is 53.1 Å². The van der Waals surface area contributed by atoms with Crippen molar-refractivity contribution < 1.29 is 14.3 Å². The quantitative estimate of drug-likeness (QED) is 0.722. The standard InChI is InChI=1S/C21H26ClN5O3/c1-26(2)12-9-25-20(28)15-3-4-19(17(22)13-15)30-16-5-10-27(11-6-16)21(29)18-14-23-7-8-24-18/h3-4,7-8,13-14,16H,5-6,9-12H2,1-2H3,(H,25,28). The molecule has 1 aliphatic rings. The Hall–Kier alpha value is -2.71. The lowest BCUT2D eigenvalue weighted by atomic mass is 10.1. The number of hydrogen-bond acceptors (Lipinski definition) is 6. The van der Waals surface area contributed by atoms with Crippen LogP contribution in [0.4, 0.5) is 0 Å². The molecule has 0 atom stereocenters. The predicted molar refractivity (Wildman–Crippen MR) is 114 cm³/mol. The van der Waals surface area contributed by atoms with Crippen molar-refractivity contribution in [2.24, 2.45) is 0 Å². The van der Waals surface area contributed by atoms with Gasteiger partial charge in [-0.3, -0.25) is 14.6 Å². The van der Waals surface area contributed by atoms with E-state index in [2.05, 4.69) is 15.3 Å². The van der Waals surface area contributed by atoms with E-state index in [1.165, 1.54) is 12.4 Å². The van der Waals surface area contributed by atoms with E-state index in [0.29, 0.717) is 54.5 Å². The molecule has 0 radical (unpaired) electrons. The summed E-state index contributed by atoms with van der Waals surface area (Å²) in [6.07, 6.45) is 5.86. The number of carbonyl (C=O) groups excluding carboxylic acids is 2. The SMILES string of the molecule is CN(C)CCNC(=O)c1ccc(OC2CCN(C(=O)c3cnccn3)CC2)c(Cl)c1. The second-order valence-corrected chi connectivity index (χ2v) is 7.81. The first-order chi connectivity index (χ1) is 14.4. The second-order valence-electron chi connectivity index (χ2n) is 7.40. The molecule has 0 spiro atoms. The molecule has 0 saturated carbocycles. The number of ether oxygens (including phenoxy) is 1. The number of likely N-dealkylation sites (tertiary alicyclic amines) is 1. The van der Waals surface area contributed by atoms with Gasteiger partial charge in [-0.1, -0.05) is 11.6 Å². The maximum Gasteiger partial charge on any atom is 0.274 e. The molecule has 9 heteroatoms. The van der Waals surface area contributed by atoms with Crippen LogP contribution in [0.25, 0.3) is 0 Å². The van der Waals surface area contributed by atoms with Gasteiger partial charge in [0, 0.05) is 57.0 Å². The first-order valence-corrected chi connectivity index (χ1v) is 10.3. The monoisotopic (exact) mass is 431 g/mol. The van der Waals surface area contributed by atoms with Crippen LogP contribution >= 0.6 is 11.6 Å². The number of benzene rings is 1. The van der Waals surface area contributed by atoms with Crippen LogP contribution in [0, 0.1) is 0 Å². The van der Waals surface area contributed by atoms with E-state index in [-0.39, 0.29) is 17.9 Å². The van der Waals surface area contributed by atoms with Crippen LogP contribution in [0.1, 0.15) is 33.7 Å². The van der Waals surface area contributed by atoms with E-state index < -0.39 is 0 Å². The van der Waals surface area contributed by atoms with Gasteiger partial charge >= 0.3 is 0 Å². The zero-order valence-electron chi connectivity index (χ0n) is 17.2. The average Bonchev–Trinajstić information content (AvgIpc) is 2.75. The van der Waals surface area contributed by atoms with Gasteiger partial charge in [0.1, 0.15) is 17.5 Å². The first kappa shape index (κ1) is 22.0. The number of nitrogens with zero attached hydrogens (tertiary/aromatic N) is 4. The summed E-state index contributed by atoms with van der Waals surface area (Å²) < 4.78 is 6.03. The molecule has 30 heavy (non-hydrogen) atoms. The smallest absolute Gasteiger partial charge is 0.274 e. The maximum atomic E-state index is 12.5. The van der Waals surface area contributed by atoms with Crippen molar-refractivity contribution in [2.45, 2.75) is 18.9 Å². The average molecular weight is 432 g/mol. The van der Waals surface area contributed by atoms with Gasteiger partial charge in [0.15, 0.2) is 0 Å². The fourth-order valence-electron chi connectivity index (χ4n) is 3.16. The molecule has 0 aliphatic carbocycles. The summed E-state index contributed by atoms with van der Waals surface area (Å²) in [5, 5.41) is 3.26. The largest absolute Gasteiger partial charge is 0.489 e. The Kier molecular flexibility index (Phi) is 7.59. The van der Waals surface area contributed by atoms with E-state index in [0.717, 1.165) is 6.54 Å². The van der Waals surface area contributed by atoms with Crippen molar-refractivity contribution in [1.29, 1.82) is 0 Å². The van der Waals surface area contributed by atoms with Crippen molar-refractivity contribution in [1.82, 2.24) is 25.1 Å². The Bertz CT molecular complexity index is 870. The maximum absolute atomic E-state index is 12.5. The fourth-order valence-corrected chi connectivity index (χ4v) is 3.39. The number of piperidine rings is 1. The molecule has 8 nitrogen and oxygen atoms in total. The highest BCUT2D eigenvalue weighted by atomic mass is 35.5. The topological polar surface area (TPSA) is 87.7 Å². The third-order valence-corrected chi connectivity index (χ3v) is 5.14. The van der Waals surface area contributed by atoms with Crippen molar-refractivity contribution in [3.8, 4) is 5.75 Å². The summed E-state index contributed by atoms with van der Waals surface area (Å²) in [6, 6.07) is 5.05. The van der Waals surface area contributed by atoms with Gasteiger partial charge in [0.25, 0.3) is 11.8 Å². The van der Waals surface area contributed by atoms with Crippen LogP contribution < -0.4 is 10.1 Å². The number of aromatic nitrogens is 2. The molecule has 0 unspecified atom stereocenters. The Labute approximate surface area is 181 Å². The molecule has 1 saturated heterocycles. The van der Waals surface area contributed by atoms with E-state index in [1.54, 1.807) is 29.3 Å². The van der Waals surface area contributed by atoms with Gasteiger partial charge in [0.05, 0.1) is 11.2 Å². The van der Waals surface area contributed by atoms with Crippen LogP contribution in [0.2, 0.25) is 5.02 Å². The van der Waals surface area contributed by atoms with Crippen molar-refractivity contribution >= 4 is 23.4 Å². The van der Waals surface area contributed by atoms with Crippen molar-refractivity contribution in [3.63, 3.8) is 0 Å². The number of halogens is 1. The van der Waals surface area contributed by atoms with Crippen LogP contribution in [0.15, 0.2) is 36.8 Å². The lowest BCUT2D eigenvalue weighted by Gasteiger charge is -2.32. The van der Waals surface area contributed by atoms with Gasteiger partial charge in [-0.2, -0.15) is 0 Å². The van der Waals surface area contributed by atoms with Gasteiger partial charge in [0.2, 0.25) is 0 Å². The molecule has 1 fully saturated rings. The number of nitrogens with one attached hydrogen (secondary N) is 1. The minimum Gasteiger partial charge on any atom is -0.489 e. The van der Waals surface area contributed by atoms with E-state index in [4.69, 9.17) is 16.3 Å². The summed E-state index contributed by atoms with van der Waals surface area (Å²) in [5.41, 5.74) is 0.842. The van der Waals surface area contributed by atoms with Gasteiger partial charge in [-0.15, -0.1) is 0 Å². The molecule has 160 valence electrons. The van der Waals surface area contributed by atoms with Gasteiger partial charge in [-0.25, -0.2) is 4.98 Å². The third kappa shape index (κ3) is 5.90. The highest BCUT2D eigenvalue weighted by Crippen LogP contribution is 2.28. The minimum absolute atomic E-state index is 0.0480. The Morgan fingerprint density at radius 2 is 2.03 bits per heavy atom. The molecule has 1 N–H and O–H groups in total. The van der Waals surface area contributed by atoms with E-state index in [9.17, 15) is 9.59 Å². The lowest BCUT2D eigenvalue weighted by Crippen LogP contribution is -2.42. The molecule has 2 heterocycles. The Balaban J connectivity index is 1.51. The molecule has 2 amide bonds. The molecule has 1 aliphatic heterocycles. The Morgan fingerprint density at radius 1 is 1.27 bits per heavy atom. The molecule has 0 bridgehead atoms. The van der Waals surface area contributed by atoms with Crippen LogP contribution in [-0.2, 0) is 0 Å². The molecule has 2 aromatic rings.